The third kappa shape index (κ3) is 4.16. The molecule has 10 heteroatoms. The number of nitrogens with zero attached hydrogens (tertiary/aromatic N) is 3. The molecule has 8 nitrogen and oxygen atoms in total. The Morgan fingerprint density at radius 1 is 1.16 bits per heavy atom. The molecular weight excluding hydrogens is 446 g/mol. The molecule has 0 saturated carbocycles. The molecule has 0 unspecified atom stereocenters. The molecule has 1 aromatic carbocycles. The van der Waals surface area contributed by atoms with Crippen LogP contribution in [0.1, 0.15) is 35.1 Å². The predicted octanol–water partition coefficient (Wildman–Crippen LogP) is 4.21. The Morgan fingerprint density at radius 2 is 1.94 bits per heavy atom. The number of thiophene rings is 1. The Kier molecular flexibility index (Phi) is 5.85. The van der Waals surface area contributed by atoms with Gasteiger partial charge in [-0.25, -0.2) is 22.8 Å². The molecule has 4 rings (SSSR count). The van der Waals surface area contributed by atoms with E-state index in [1.165, 1.54) is 19.2 Å². The van der Waals surface area contributed by atoms with Crippen LogP contribution in [0.4, 0.5) is 5.69 Å². The average Bonchev–Trinajstić information content (AvgIpc) is 3.39. The van der Waals surface area contributed by atoms with Crippen LogP contribution in [0, 0.1) is 6.92 Å². The molecule has 3 heterocycles. The summed E-state index contributed by atoms with van der Waals surface area (Å²) in [7, 11) is -2.28. The molecule has 0 aliphatic rings. The molecule has 0 aliphatic carbocycles. The summed E-state index contributed by atoms with van der Waals surface area (Å²) in [6, 6.07) is 11.9. The maximum absolute atomic E-state index is 13.3. The Hall–Kier alpha value is -3.08. The van der Waals surface area contributed by atoms with Crippen LogP contribution in [-0.2, 0) is 10.0 Å². The second kappa shape index (κ2) is 8.45. The number of hydrogen-bond donors (Lipinski definition) is 2. The van der Waals surface area contributed by atoms with Gasteiger partial charge in [-0.05, 0) is 64.2 Å². The zero-order valence-electron chi connectivity index (χ0n) is 18.1. The van der Waals surface area contributed by atoms with Gasteiger partial charge in [0.1, 0.15) is 0 Å². The van der Waals surface area contributed by atoms with E-state index in [-0.39, 0.29) is 16.8 Å². The van der Waals surface area contributed by atoms with Crippen molar-refractivity contribution in [2.24, 2.45) is 0 Å². The summed E-state index contributed by atoms with van der Waals surface area (Å²) in [6.45, 7) is 6.03. The molecule has 0 aliphatic heterocycles. The lowest BCUT2D eigenvalue weighted by Crippen LogP contribution is -2.19. The lowest BCUT2D eigenvalue weighted by Gasteiger charge is -2.11. The number of nitrogens with one attached hydrogen (secondary N) is 2. The van der Waals surface area contributed by atoms with Crippen LogP contribution < -0.4 is 10.0 Å². The maximum Gasteiger partial charge on any atom is 0.256 e. The fourth-order valence-electron chi connectivity index (χ4n) is 3.34. The molecule has 0 saturated heterocycles. The maximum atomic E-state index is 13.3. The smallest absolute Gasteiger partial charge is 0.256 e. The summed E-state index contributed by atoms with van der Waals surface area (Å²) in [6.07, 6.45) is 1.64. The van der Waals surface area contributed by atoms with Gasteiger partial charge in [0.25, 0.3) is 5.91 Å². The molecule has 0 atom stereocenters. The number of sulfonamides is 1. The quantitative estimate of drug-likeness (QED) is 0.440. The van der Waals surface area contributed by atoms with Crippen LogP contribution in [0.3, 0.4) is 0 Å². The van der Waals surface area contributed by atoms with Crippen LogP contribution in [-0.4, -0.2) is 36.1 Å². The van der Waals surface area contributed by atoms with Crippen molar-refractivity contribution in [2.75, 3.05) is 12.4 Å². The van der Waals surface area contributed by atoms with E-state index in [1.54, 1.807) is 40.4 Å². The molecule has 0 bridgehead atoms. The van der Waals surface area contributed by atoms with Gasteiger partial charge in [0.05, 0.1) is 32.6 Å². The van der Waals surface area contributed by atoms with Gasteiger partial charge in [0.15, 0.2) is 5.65 Å². The summed E-state index contributed by atoms with van der Waals surface area (Å²) < 4.78 is 28.3. The highest BCUT2D eigenvalue weighted by molar-refractivity contribution is 7.89. The standard InChI is InChI=1S/C22H23N5O3S2/c1-13(2)27-21-18(12-24-27)17(11-19(26-21)20-9-8-14(3)31-20)22(28)25-15-6-5-7-16(10-15)32(29,30)23-4/h5-13,23H,1-4H3,(H,25,28). The largest absolute Gasteiger partial charge is 0.322 e. The van der Waals surface area contributed by atoms with Gasteiger partial charge >= 0.3 is 0 Å². The van der Waals surface area contributed by atoms with E-state index < -0.39 is 10.0 Å². The number of carbonyl (C=O) groups excluding carboxylic acids is 1. The van der Waals surface area contributed by atoms with Crippen molar-refractivity contribution in [3.8, 4) is 10.6 Å². The summed E-state index contributed by atoms with van der Waals surface area (Å²) in [5.74, 6) is -0.366. The fourth-order valence-corrected chi connectivity index (χ4v) is 4.94. The summed E-state index contributed by atoms with van der Waals surface area (Å²) in [5, 5.41) is 7.88. The van der Waals surface area contributed by atoms with Crippen molar-refractivity contribution < 1.29 is 13.2 Å². The molecule has 0 radical (unpaired) electrons. The van der Waals surface area contributed by atoms with Gasteiger partial charge in [0, 0.05) is 16.6 Å². The minimum absolute atomic E-state index is 0.0691. The van der Waals surface area contributed by atoms with Crippen LogP contribution in [0.2, 0.25) is 0 Å². The fraction of sp³-hybridized carbons (Fsp3) is 0.227. The molecule has 0 spiro atoms. The van der Waals surface area contributed by atoms with E-state index in [4.69, 9.17) is 4.98 Å². The van der Waals surface area contributed by atoms with Gasteiger partial charge in [-0.2, -0.15) is 5.10 Å². The number of hydrogen-bond acceptors (Lipinski definition) is 6. The van der Waals surface area contributed by atoms with Gasteiger partial charge in [0.2, 0.25) is 10.0 Å². The third-order valence-corrected chi connectivity index (χ3v) is 7.40. The predicted molar refractivity (Wildman–Crippen MR) is 127 cm³/mol. The topological polar surface area (TPSA) is 106 Å². The first-order valence-corrected chi connectivity index (χ1v) is 12.3. The SMILES string of the molecule is CNS(=O)(=O)c1cccc(NC(=O)c2cc(-c3ccc(C)s3)nc3c2cnn3C(C)C)c1. The molecular formula is C22H23N5O3S2. The van der Waals surface area contributed by atoms with Crippen molar-refractivity contribution >= 4 is 44.0 Å². The first kappa shape index (κ1) is 22.1. The van der Waals surface area contributed by atoms with Crippen molar-refractivity contribution in [3.05, 3.63) is 59.1 Å². The third-order valence-electron chi connectivity index (χ3n) is 4.96. The van der Waals surface area contributed by atoms with E-state index in [9.17, 15) is 13.2 Å². The Labute approximate surface area is 190 Å². The molecule has 0 fully saturated rings. The minimum Gasteiger partial charge on any atom is -0.322 e. The number of anilines is 1. The van der Waals surface area contributed by atoms with Crippen molar-refractivity contribution in [2.45, 2.75) is 31.7 Å². The van der Waals surface area contributed by atoms with E-state index in [1.807, 2.05) is 32.9 Å². The van der Waals surface area contributed by atoms with E-state index in [0.717, 1.165) is 9.75 Å². The number of benzene rings is 1. The lowest BCUT2D eigenvalue weighted by atomic mass is 10.1. The molecule has 1 amide bonds. The highest BCUT2D eigenvalue weighted by atomic mass is 32.2. The van der Waals surface area contributed by atoms with Crippen molar-refractivity contribution in [1.82, 2.24) is 19.5 Å². The van der Waals surface area contributed by atoms with Gasteiger partial charge in [-0.15, -0.1) is 11.3 Å². The normalized spacial score (nSPS) is 11.9. The number of amides is 1. The molecule has 32 heavy (non-hydrogen) atoms. The zero-order chi connectivity index (χ0) is 23.0. The van der Waals surface area contributed by atoms with Gasteiger partial charge < -0.3 is 5.32 Å². The number of pyridine rings is 1. The highest BCUT2D eigenvalue weighted by Crippen LogP contribution is 2.31. The minimum atomic E-state index is -3.63. The molecule has 3 aromatic heterocycles. The first-order valence-electron chi connectivity index (χ1n) is 9.99. The van der Waals surface area contributed by atoms with Crippen LogP contribution in [0.15, 0.2) is 53.6 Å². The number of aromatic nitrogens is 3. The van der Waals surface area contributed by atoms with Gasteiger partial charge in [-0.1, -0.05) is 6.07 Å². The van der Waals surface area contributed by atoms with Crippen LogP contribution in [0.25, 0.3) is 21.6 Å². The first-order chi connectivity index (χ1) is 15.2. The summed E-state index contributed by atoms with van der Waals surface area (Å²) in [5.41, 5.74) is 2.11. The van der Waals surface area contributed by atoms with Crippen LogP contribution >= 0.6 is 11.3 Å². The van der Waals surface area contributed by atoms with Crippen molar-refractivity contribution in [1.29, 1.82) is 0 Å². The zero-order valence-corrected chi connectivity index (χ0v) is 19.7. The Morgan fingerprint density at radius 3 is 2.59 bits per heavy atom. The van der Waals surface area contributed by atoms with E-state index >= 15 is 0 Å². The number of fused-ring (bicyclic) bond motifs is 1. The summed E-state index contributed by atoms with van der Waals surface area (Å²) >= 11 is 1.60. The monoisotopic (exact) mass is 469 g/mol. The van der Waals surface area contributed by atoms with E-state index in [0.29, 0.717) is 28.0 Å². The number of rotatable bonds is 6. The molecule has 4 aromatic rings. The second-order valence-electron chi connectivity index (χ2n) is 7.58. The van der Waals surface area contributed by atoms with Crippen molar-refractivity contribution in [3.63, 3.8) is 0 Å². The highest BCUT2D eigenvalue weighted by Gasteiger charge is 2.20. The average molecular weight is 470 g/mol. The molecule has 166 valence electrons. The molecule has 2 N–H and O–H groups in total. The second-order valence-corrected chi connectivity index (χ2v) is 10.7. The summed E-state index contributed by atoms with van der Waals surface area (Å²) in [4.78, 5) is 20.3. The number of carbonyl (C=O) groups is 1. The van der Waals surface area contributed by atoms with Crippen LogP contribution in [0.5, 0.6) is 0 Å². The number of aryl methyl sites for hydroxylation is 1. The van der Waals surface area contributed by atoms with E-state index in [2.05, 4.69) is 15.1 Å². The lowest BCUT2D eigenvalue weighted by molar-refractivity contribution is 0.102. The Balaban J connectivity index is 1.80. The Bertz CT molecular complexity index is 1420. The van der Waals surface area contributed by atoms with Gasteiger partial charge in [-0.3, -0.25) is 4.79 Å².